The van der Waals surface area contributed by atoms with Crippen LogP contribution in [0.3, 0.4) is 0 Å². The fraction of sp³-hybridized carbons (Fsp3) is 0.529. The first-order valence-electron chi connectivity index (χ1n) is 7.70. The largest absolute Gasteiger partial charge is 0.307 e. The van der Waals surface area contributed by atoms with Gasteiger partial charge in [-0.25, -0.2) is 8.78 Å². The molecule has 0 aliphatic heterocycles. The molecule has 0 spiro atoms. The molecule has 0 amide bonds. The summed E-state index contributed by atoms with van der Waals surface area (Å²) >= 11 is 5.65. The van der Waals surface area contributed by atoms with Gasteiger partial charge in [0.15, 0.2) is 0 Å². The molecule has 0 radical (unpaired) electrons. The van der Waals surface area contributed by atoms with Gasteiger partial charge in [0.1, 0.15) is 11.6 Å². The lowest BCUT2D eigenvalue weighted by Crippen LogP contribution is -2.24. The normalized spacial score (nSPS) is 20.3. The van der Waals surface area contributed by atoms with E-state index in [9.17, 15) is 8.78 Å². The standard InChI is InChI=1S/C17H22ClF2N/c1-2-21-17(12-8-6-4-3-5-7-9-12)13-10-16(20)14(18)11-15(13)19/h8,10-11,17,21H,2-7,9H2,1H3/b12-8+. The molecule has 4 heteroatoms. The molecule has 0 aromatic heterocycles. The van der Waals surface area contributed by atoms with Gasteiger partial charge in [-0.15, -0.1) is 0 Å². The zero-order valence-electron chi connectivity index (χ0n) is 12.4. The molecular weight excluding hydrogens is 292 g/mol. The minimum atomic E-state index is -0.567. The predicted octanol–water partition coefficient (Wildman–Crippen LogP) is 5.55. The second-order valence-electron chi connectivity index (χ2n) is 5.51. The molecule has 1 nitrogen and oxygen atoms in total. The van der Waals surface area contributed by atoms with Crippen LogP contribution < -0.4 is 5.32 Å². The van der Waals surface area contributed by atoms with E-state index in [0.717, 1.165) is 30.9 Å². The van der Waals surface area contributed by atoms with E-state index in [2.05, 4.69) is 11.4 Å². The number of halogens is 3. The molecule has 0 saturated heterocycles. The van der Waals surface area contributed by atoms with Gasteiger partial charge in [-0.1, -0.05) is 43.0 Å². The third kappa shape index (κ3) is 4.27. The van der Waals surface area contributed by atoms with Gasteiger partial charge in [0.05, 0.1) is 11.1 Å². The highest BCUT2D eigenvalue weighted by Gasteiger charge is 2.21. The van der Waals surface area contributed by atoms with Gasteiger partial charge in [0.25, 0.3) is 0 Å². The Labute approximate surface area is 130 Å². The maximum atomic E-state index is 14.2. The van der Waals surface area contributed by atoms with Crippen LogP contribution in [0.5, 0.6) is 0 Å². The molecule has 1 atom stereocenters. The summed E-state index contributed by atoms with van der Waals surface area (Å²) in [5.74, 6) is -1.02. The van der Waals surface area contributed by atoms with Crippen LogP contribution in [0, 0.1) is 11.6 Å². The third-order valence-electron chi connectivity index (χ3n) is 3.96. The van der Waals surface area contributed by atoms with Crippen LogP contribution in [0.4, 0.5) is 8.78 Å². The van der Waals surface area contributed by atoms with Crippen molar-refractivity contribution in [1.82, 2.24) is 5.32 Å². The Morgan fingerprint density at radius 1 is 1.14 bits per heavy atom. The Morgan fingerprint density at radius 3 is 2.67 bits per heavy atom. The van der Waals surface area contributed by atoms with Crippen molar-refractivity contribution in [3.05, 3.63) is 46.0 Å². The van der Waals surface area contributed by atoms with Gasteiger partial charge < -0.3 is 5.32 Å². The zero-order valence-corrected chi connectivity index (χ0v) is 13.1. The Bertz CT molecular complexity index is 514. The monoisotopic (exact) mass is 313 g/mol. The molecule has 0 bridgehead atoms. The van der Waals surface area contributed by atoms with Gasteiger partial charge in [-0.05, 0) is 44.4 Å². The lowest BCUT2D eigenvalue weighted by molar-refractivity contribution is 0.517. The number of rotatable bonds is 4. The molecule has 1 aromatic rings. The van der Waals surface area contributed by atoms with E-state index in [1.807, 2.05) is 6.92 Å². The summed E-state index contributed by atoms with van der Waals surface area (Å²) in [7, 11) is 0. The van der Waals surface area contributed by atoms with Gasteiger partial charge in [0.2, 0.25) is 0 Å². The maximum absolute atomic E-state index is 14.2. The fourth-order valence-corrected chi connectivity index (χ4v) is 3.03. The average Bonchev–Trinajstić information content (AvgIpc) is 2.41. The number of nitrogens with one attached hydrogen (secondary N) is 1. The summed E-state index contributed by atoms with van der Waals surface area (Å²) < 4.78 is 27.9. The first-order chi connectivity index (χ1) is 10.1. The number of hydrogen-bond donors (Lipinski definition) is 1. The summed E-state index contributed by atoms with van der Waals surface area (Å²) in [4.78, 5) is 0. The second-order valence-corrected chi connectivity index (χ2v) is 5.92. The minimum absolute atomic E-state index is 0.168. The topological polar surface area (TPSA) is 12.0 Å². The van der Waals surface area contributed by atoms with Crippen molar-refractivity contribution < 1.29 is 8.78 Å². The van der Waals surface area contributed by atoms with Crippen LogP contribution in [-0.4, -0.2) is 6.54 Å². The smallest absolute Gasteiger partial charge is 0.142 e. The van der Waals surface area contributed by atoms with E-state index in [-0.39, 0.29) is 11.1 Å². The van der Waals surface area contributed by atoms with E-state index < -0.39 is 11.6 Å². The molecule has 1 unspecified atom stereocenters. The second kappa shape index (κ2) is 7.90. The average molecular weight is 314 g/mol. The summed E-state index contributed by atoms with van der Waals surface area (Å²) in [6.45, 7) is 2.67. The van der Waals surface area contributed by atoms with E-state index in [1.165, 1.54) is 25.3 Å². The maximum Gasteiger partial charge on any atom is 0.142 e. The lowest BCUT2D eigenvalue weighted by Gasteiger charge is -2.24. The Balaban J connectivity index is 2.35. The van der Waals surface area contributed by atoms with Crippen molar-refractivity contribution in [2.45, 2.75) is 51.5 Å². The molecule has 1 aliphatic carbocycles. The van der Waals surface area contributed by atoms with Gasteiger partial charge in [-0.3, -0.25) is 0 Å². The van der Waals surface area contributed by atoms with Crippen LogP contribution in [0.2, 0.25) is 5.02 Å². The van der Waals surface area contributed by atoms with Crippen molar-refractivity contribution in [2.24, 2.45) is 0 Å². The van der Waals surface area contributed by atoms with Crippen molar-refractivity contribution in [3.63, 3.8) is 0 Å². The molecule has 0 heterocycles. The van der Waals surface area contributed by atoms with Crippen LogP contribution in [0.25, 0.3) is 0 Å². The minimum Gasteiger partial charge on any atom is -0.307 e. The van der Waals surface area contributed by atoms with E-state index >= 15 is 0 Å². The summed E-state index contributed by atoms with van der Waals surface area (Å²) in [5.41, 5.74) is 1.52. The number of hydrogen-bond acceptors (Lipinski definition) is 1. The van der Waals surface area contributed by atoms with Crippen LogP contribution in [0.1, 0.15) is 57.1 Å². The number of benzene rings is 1. The molecule has 0 fully saturated rings. The molecular formula is C17H22ClF2N. The van der Waals surface area contributed by atoms with E-state index in [1.54, 1.807) is 0 Å². The highest BCUT2D eigenvalue weighted by Crippen LogP contribution is 2.32. The zero-order chi connectivity index (χ0) is 15.2. The van der Waals surface area contributed by atoms with E-state index in [0.29, 0.717) is 12.1 Å². The molecule has 1 aromatic carbocycles. The summed E-state index contributed by atoms with van der Waals surface area (Å²) in [6, 6.07) is 2.03. The van der Waals surface area contributed by atoms with Gasteiger partial charge in [-0.2, -0.15) is 0 Å². The molecule has 2 rings (SSSR count). The first kappa shape index (κ1) is 16.4. The molecule has 1 N–H and O–H groups in total. The quantitative estimate of drug-likeness (QED) is 0.567. The highest BCUT2D eigenvalue weighted by molar-refractivity contribution is 6.30. The van der Waals surface area contributed by atoms with Crippen molar-refractivity contribution in [1.29, 1.82) is 0 Å². The summed E-state index contributed by atoms with van der Waals surface area (Å²) in [5, 5.41) is 3.12. The van der Waals surface area contributed by atoms with Gasteiger partial charge >= 0.3 is 0 Å². The molecule has 0 saturated carbocycles. The fourth-order valence-electron chi connectivity index (χ4n) is 2.88. The molecule has 1 aliphatic rings. The molecule has 21 heavy (non-hydrogen) atoms. The Hall–Kier alpha value is -0.930. The Kier molecular flexibility index (Phi) is 6.19. The number of allylic oxidation sites excluding steroid dienone is 1. The van der Waals surface area contributed by atoms with Crippen molar-refractivity contribution in [3.8, 4) is 0 Å². The lowest BCUT2D eigenvalue weighted by atomic mass is 9.90. The third-order valence-corrected chi connectivity index (χ3v) is 4.25. The predicted molar refractivity (Wildman–Crippen MR) is 83.6 cm³/mol. The van der Waals surface area contributed by atoms with Crippen molar-refractivity contribution in [2.75, 3.05) is 6.54 Å². The highest BCUT2D eigenvalue weighted by atomic mass is 35.5. The number of likely N-dealkylation sites (N-methyl/N-ethyl adjacent to an activating group) is 1. The van der Waals surface area contributed by atoms with Crippen molar-refractivity contribution >= 4 is 11.6 Å². The van der Waals surface area contributed by atoms with Gasteiger partial charge in [0, 0.05) is 5.56 Å². The first-order valence-corrected chi connectivity index (χ1v) is 8.08. The van der Waals surface area contributed by atoms with Crippen LogP contribution in [-0.2, 0) is 0 Å². The van der Waals surface area contributed by atoms with Crippen LogP contribution >= 0.6 is 11.6 Å². The Morgan fingerprint density at radius 2 is 1.90 bits per heavy atom. The van der Waals surface area contributed by atoms with Crippen LogP contribution in [0.15, 0.2) is 23.8 Å². The SMILES string of the molecule is CCNC(/C1=C/CCCCCC1)c1cc(F)c(Cl)cc1F. The van der Waals surface area contributed by atoms with E-state index in [4.69, 9.17) is 11.6 Å². The summed E-state index contributed by atoms with van der Waals surface area (Å²) in [6.07, 6.45) is 8.85. The molecule has 116 valence electrons.